The van der Waals surface area contributed by atoms with Crippen LogP contribution in [0.3, 0.4) is 0 Å². The first-order chi connectivity index (χ1) is 8.72. The molecule has 5 nitrogen and oxygen atoms in total. The van der Waals surface area contributed by atoms with Crippen LogP contribution in [0.2, 0.25) is 0 Å². The molecule has 19 heavy (non-hydrogen) atoms. The van der Waals surface area contributed by atoms with Crippen molar-refractivity contribution in [3.63, 3.8) is 0 Å². The predicted octanol–water partition coefficient (Wildman–Crippen LogP) is 0.912. The summed E-state index contributed by atoms with van der Waals surface area (Å²) < 4.78 is 24.8. The third-order valence-corrected chi connectivity index (χ3v) is 5.00. The number of hydrogen-bond acceptors (Lipinski definition) is 3. The highest BCUT2D eigenvalue weighted by Gasteiger charge is 2.55. The number of rotatable bonds is 3. The lowest BCUT2D eigenvalue weighted by atomic mass is 9.62. The zero-order valence-electron chi connectivity index (χ0n) is 11.5. The summed E-state index contributed by atoms with van der Waals surface area (Å²) in [6.07, 6.45) is 7.87. The van der Waals surface area contributed by atoms with Gasteiger partial charge in [0.25, 0.3) is 0 Å². The molecule has 2 rings (SSSR count). The van der Waals surface area contributed by atoms with Crippen LogP contribution in [0.25, 0.3) is 0 Å². The van der Waals surface area contributed by atoms with Gasteiger partial charge in [-0.2, -0.15) is 0 Å². The monoisotopic (exact) mass is 284 g/mol. The Balaban J connectivity index is 2.27. The van der Waals surface area contributed by atoms with Crippen LogP contribution in [-0.4, -0.2) is 27.1 Å². The van der Waals surface area contributed by atoms with E-state index in [1.165, 1.54) is 0 Å². The normalized spacial score (nSPS) is 34.3. The molecule has 1 fully saturated rings. The first-order valence-corrected chi connectivity index (χ1v) is 8.27. The number of allylic oxidation sites excluding steroid dienone is 2. The van der Waals surface area contributed by atoms with Crippen molar-refractivity contribution in [3.05, 3.63) is 23.9 Å². The molecular formula is C13H20N2O3S. The average molecular weight is 284 g/mol. The third kappa shape index (κ3) is 2.29. The standard InChI is InChI=1S/C13H20N2O3S/c1-4-12(2)9-14-11(16)13(12)7-5-10(6-8-13)15-19(3,17)18/h5-7,15H,4,8-9H2,1-3H3,(H,14,16). The molecule has 1 amide bonds. The van der Waals surface area contributed by atoms with E-state index < -0.39 is 15.4 Å². The van der Waals surface area contributed by atoms with Crippen molar-refractivity contribution in [2.75, 3.05) is 12.8 Å². The lowest BCUT2D eigenvalue weighted by molar-refractivity contribution is -0.128. The van der Waals surface area contributed by atoms with Gasteiger partial charge in [0.15, 0.2) is 0 Å². The number of sulfonamides is 1. The van der Waals surface area contributed by atoms with E-state index in [2.05, 4.69) is 23.9 Å². The second-order valence-corrected chi connectivity index (χ2v) is 7.39. The molecule has 0 aromatic rings. The fourth-order valence-electron chi connectivity index (χ4n) is 2.85. The van der Waals surface area contributed by atoms with E-state index in [0.717, 1.165) is 12.7 Å². The van der Waals surface area contributed by atoms with Crippen LogP contribution in [0.4, 0.5) is 0 Å². The van der Waals surface area contributed by atoms with E-state index in [-0.39, 0.29) is 11.3 Å². The van der Waals surface area contributed by atoms with Crippen LogP contribution in [0.1, 0.15) is 26.7 Å². The fourth-order valence-corrected chi connectivity index (χ4v) is 3.43. The summed E-state index contributed by atoms with van der Waals surface area (Å²) in [4.78, 5) is 12.2. The molecule has 0 aromatic carbocycles. The first kappa shape index (κ1) is 14.1. The molecular weight excluding hydrogens is 264 g/mol. The number of carbonyl (C=O) groups excluding carboxylic acids is 1. The van der Waals surface area contributed by atoms with Crippen molar-refractivity contribution in [1.29, 1.82) is 0 Å². The molecule has 2 aliphatic rings. The highest BCUT2D eigenvalue weighted by atomic mass is 32.2. The van der Waals surface area contributed by atoms with Crippen molar-refractivity contribution < 1.29 is 13.2 Å². The fraction of sp³-hybridized carbons (Fsp3) is 0.615. The van der Waals surface area contributed by atoms with E-state index in [0.29, 0.717) is 18.7 Å². The second-order valence-electron chi connectivity index (χ2n) is 5.64. The molecule has 1 aliphatic carbocycles. The van der Waals surface area contributed by atoms with Gasteiger partial charge >= 0.3 is 0 Å². The number of carbonyl (C=O) groups is 1. The van der Waals surface area contributed by atoms with E-state index in [4.69, 9.17) is 0 Å². The summed E-state index contributed by atoms with van der Waals surface area (Å²) >= 11 is 0. The Morgan fingerprint density at radius 2 is 2.16 bits per heavy atom. The highest BCUT2D eigenvalue weighted by Crippen LogP contribution is 2.51. The largest absolute Gasteiger partial charge is 0.355 e. The van der Waals surface area contributed by atoms with Gasteiger partial charge in [-0.15, -0.1) is 0 Å². The van der Waals surface area contributed by atoms with E-state index in [1.54, 1.807) is 12.2 Å². The van der Waals surface area contributed by atoms with Gasteiger partial charge in [0, 0.05) is 17.7 Å². The molecule has 1 heterocycles. The molecule has 2 atom stereocenters. The lowest BCUT2D eigenvalue weighted by Crippen LogP contribution is -2.41. The number of hydrogen-bond donors (Lipinski definition) is 2. The van der Waals surface area contributed by atoms with Gasteiger partial charge in [-0.25, -0.2) is 8.42 Å². The van der Waals surface area contributed by atoms with E-state index >= 15 is 0 Å². The number of nitrogens with one attached hydrogen (secondary N) is 2. The Labute approximate surface area is 114 Å². The van der Waals surface area contributed by atoms with Gasteiger partial charge in [0.05, 0.1) is 11.7 Å². The average Bonchev–Trinajstić information content (AvgIpc) is 2.57. The lowest BCUT2D eigenvalue weighted by Gasteiger charge is -2.39. The Bertz CT molecular complexity index is 564. The Hall–Kier alpha value is -1.30. The van der Waals surface area contributed by atoms with Crippen LogP contribution in [0.15, 0.2) is 23.9 Å². The number of amides is 1. The molecule has 0 radical (unpaired) electrons. The molecule has 0 bridgehead atoms. The molecule has 6 heteroatoms. The first-order valence-electron chi connectivity index (χ1n) is 6.38. The molecule has 106 valence electrons. The smallest absolute Gasteiger partial charge is 0.231 e. The maximum atomic E-state index is 12.2. The van der Waals surface area contributed by atoms with Crippen LogP contribution < -0.4 is 10.0 Å². The minimum Gasteiger partial charge on any atom is -0.355 e. The van der Waals surface area contributed by atoms with Crippen LogP contribution in [0.5, 0.6) is 0 Å². The van der Waals surface area contributed by atoms with Crippen LogP contribution >= 0.6 is 0 Å². The summed E-state index contributed by atoms with van der Waals surface area (Å²) in [7, 11) is -3.28. The SMILES string of the molecule is CCC1(C)CNC(=O)C12C=CC(NS(C)(=O)=O)=CC2. The topological polar surface area (TPSA) is 75.3 Å². The second kappa shape index (κ2) is 4.37. The zero-order chi connectivity index (χ0) is 14.3. The van der Waals surface area contributed by atoms with Crippen LogP contribution in [0, 0.1) is 10.8 Å². The molecule has 0 aromatic heterocycles. The summed E-state index contributed by atoms with van der Waals surface area (Å²) in [5.74, 6) is 0.0303. The summed E-state index contributed by atoms with van der Waals surface area (Å²) in [6, 6.07) is 0. The van der Waals surface area contributed by atoms with Crippen molar-refractivity contribution in [3.8, 4) is 0 Å². The Kier molecular flexibility index (Phi) is 3.24. The quantitative estimate of drug-likeness (QED) is 0.809. The highest BCUT2D eigenvalue weighted by molar-refractivity contribution is 7.88. The van der Waals surface area contributed by atoms with Gasteiger partial charge in [0.1, 0.15) is 0 Å². The minimum absolute atomic E-state index is 0.0303. The van der Waals surface area contributed by atoms with Crippen LogP contribution in [-0.2, 0) is 14.8 Å². The minimum atomic E-state index is -3.28. The van der Waals surface area contributed by atoms with Gasteiger partial charge < -0.3 is 5.32 Å². The van der Waals surface area contributed by atoms with Gasteiger partial charge in [-0.05, 0) is 18.9 Å². The predicted molar refractivity (Wildman–Crippen MR) is 73.7 cm³/mol. The molecule has 2 N–H and O–H groups in total. The Morgan fingerprint density at radius 3 is 2.63 bits per heavy atom. The maximum absolute atomic E-state index is 12.2. The van der Waals surface area contributed by atoms with Gasteiger partial charge in [-0.1, -0.05) is 26.0 Å². The summed E-state index contributed by atoms with van der Waals surface area (Å²) in [5.41, 5.74) is -0.149. The summed E-state index contributed by atoms with van der Waals surface area (Å²) in [6.45, 7) is 4.83. The van der Waals surface area contributed by atoms with E-state index in [9.17, 15) is 13.2 Å². The molecule has 1 aliphatic heterocycles. The summed E-state index contributed by atoms with van der Waals surface area (Å²) in [5, 5.41) is 2.93. The Morgan fingerprint density at radius 1 is 1.47 bits per heavy atom. The maximum Gasteiger partial charge on any atom is 0.231 e. The van der Waals surface area contributed by atoms with Gasteiger partial charge in [-0.3, -0.25) is 9.52 Å². The van der Waals surface area contributed by atoms with Crippen molar-refractivity contribution in [2.24, 2.45) is 10.8 Å². The molecule has 1 spiro atoms. The molecule has 0 saturated carbocycles. The van der Waals surface area contributed by atoms with Gasteiger partial charge in [0.2, 0.25) is 15.9 Å². The van der Waals surface area contributed by atoms with E-state index in [1.807, 2.05) is 6.08 Å². The van der Waals surface area contributed by atoms with Crippen molar-refractivity contribution >= 4 is 15.9 Å². The van der Waals surface area contributed by atoms with Crippen molar-refractivity contribution in [2.45, 2.75) is 26.7 Å². The third-order valence-electron chi connectivity index (χ3n) is 4.40. The molecule has 1 saturated heterocycles. The van der Waals surface area contributed by atoms with Crippen molar-refractivity contribution in [1.82, 2.24) is 10.0 Å². The zero-order valence-corrected chi connectivity index (χ0v) is 12.3. The molecule has 2 unspecified atom stereocenters.